The molecule has 2 fully saturated rings. The third-order valence-electron chi connectivity index (χ3n) is 4.54. The van der Waals surface area contributed by atoms with Crippen LogP contribution in [-0.4, -0.2) is 26.8 Å². The van der Waals surface area contributed by atoms with Gasteiger partial charge in [0.25, 0.3) is 0 Å². The molecule has 98 valence electrons. The lowest BCUT2D eigenvalue weighted by molar-refractivity contribution is 0.171. The summed E-state index contributed by atoms with van der Waals surface area (Å²) in [5.74, 6) is 0.706. The maximum absolute atomic E-state index is 5.40. The molecule has 1 atom stereocenters. The molecule has 1 aromatic rings. The Bertz CT molecular complexity index is 405. The van der Waals surface area contributed by atoms with Crippen LogP contribution in [0.25, 0.3) is 0 Å². The summed E-state index contributed by atoms with van der Waals surface area (Å²) in [6.45, 7) is 3.20. The quantitative estimate of drug-likeness (QED) is 0.880. The number of hydrogen-bond donors (Lipinski definition) is 1. The van der Waals surface area contributed by atoms with Gasteiger partial charge >= 0.3 is 0 Å². The van der Waals surface area contributed by atoms with Crippen molar-refractivity contribution in [3.63, 3.8) is 0 Å². The summed E-state index contributed by atoms with van der Waals surface area (Å²) >= 11 is 0. The number of benzene rings is 1. The molecule has 1 heterocycles. The van der Waals surface area contributed by atoms with Gasteiger partial charge in [0.05, 0.1) is 6.61 Å². The zero-order valence-corrected chi connectivity index (χ0v) is 11.2. The van der Waals surface area contributed by atoms with Crippen molar-refractivity contribution < 1.29 is 4.74 Å². The van der Waals surface area contributed by atoms with E-state index in [2.05, 4.69) is 29.6 Å². The van der Waals surface area contributed by atoms with Gasteiger partial charge in [0.1, 0.15) is 0 Å². The molecule has 3 rings (SSSR count). The predicted octanol–water partition coefficient (Wildman–Crippen LogP) is 2.83. The van der Waals surface area contributed by atoms with E-state index in [1.165, 1.54) is 43.4 Å². The average molecular weight is 245 g/mol. The van der Waals surface area contributed by atoms with E-state index in [0.717, 1.165) is 13.2 Å². The first-order valence-corrected chi connectivity index (χ1v) is 7.14. The van der Waals surface area contributed by atoms with Gasteiger partial charge in [-0.1, -0.05) is 24.3 Å². The van der Waals surface area contributed by atoms with Gasteiger partial charge in [-0.25, -0.2) is 0 Å². The van der Waals surface area contributed by atoms with Crippen LogP contribution in [0.4, 0.5) is 0 Å². The van der Waals surface area contributed by atoms with Crippen molar-refractivity contribution in [3.8, 4) is 0 Å². The molecule has 0 radical (unpaired) electrons. The van der Waals surface area contributed by atoms with Gasteiger partial charge in [-0.3, -0.25) is 0 Å². The Morgan fingerprint density at radius 1 is 1.39 bits per heavy atom. The average Bonchev–Trinajstić information content (AvgIpc) is 3.21. The van der Waals surface area contributed by atoms with Gasteiger partial charge in [0, 0.05) is 19.1 Å². The van der Waals surface area contributed by atoms with Crippen molar-refractivity contribution in [2.75, 3.05) is 26.8 Å². The van der Waals surface area contributed by atoms with Crippen molar-refractivity contribution in [1.29, 1.82) is 0 Å². The Morgan fingerprint density at radius 2 is 2.28 bits per heavy atom. The third kappa shape index (κ3) is 2.32. The van der Waals surface area contributed by atoms with Crippen LogP contribution >= 0.6 is 0 Å². The van der Waals surface area contributed by atoms with Crippen LogP contribution in [-0.2, 0) is 10.2 Å². The molecule has 1 N–H and O–H groups in total. The summed E-state index contributed by atoms with van der Waals surface area (Å²) in [6, 6.07) is 9.24. The number of piperidine rings is 1. The molecule has 0 aromatic heterocycles. The van der Waals surface area contributed by atoms with Crippen molar-refractivity contribution in [3.05, 3.63) is 35.4 Å². The highest BCUT2D eigenvalue weighted by molar-refractivity contribution is 5.36. The minimum absolute atomic E-state index is 0.340. The smallest absolute Gasteiger partial charge is 0.0559 e. The lowest BCUT2D eigenvalue weighted by atomic mass is 9.87. The monoisotopic (exact) mass is 245 g/mol. The van der Waals surface area contributed by atoms with Crippen LogP contribution in [0.15, 0.2) is 24.3 Å². The van der Waals surface area contributed by atoms with E-state index in [0.29, 0.717) is 11.3 Å². The first-order chi connectivity index (χ1) is 8.84. The molecule has 1 saturated carbocycles. The molecule has 0 spiro atoms. The summed E-state index contributed by atoms with van der Waals surface area (Å²) in [5.41, 5.74) is 3.35. The molecule has 1 saturated heterocycles. The number of hydrogen-bond acceptors (Lipinski definition) is 2. The van der Waals surface area contributed by atoms with E-state index >= 15 is 0 Å². The zero-order chi connectivity index (χ0) is 12.4. The van der Waals surface area contributed by atoms with Gasteiger partial charge in [0.15, 0.2) is 0 Å². The predicted molar refractivity (Wildman–Crippen MR) is 74.1 cm³/mol. The van der Waals surface area contributed by atoms with Gasteiger partial charge in [-0.15, -0.1) is 0 Å². The van der Waals surface area contributed by atoms with Crippen LogP contribution in [0.3, 0.4) is 0 Å². The summed E-state index contributed by atoms with van der Waals surface area (Å²) in [4.78, 5) is 0. The molecule has 2 nitrogen and oxygen atoms in total. The van der Waals surface area contributed by atoms with Crippen LogP contribution in [0, 0.1) is 0 Å². The Balaban J connectivity index is 1.80. The maximum Gasteiger partial charge on any atom is 0.0559 e. The molecule has 18 heavy (non-hydrogen) atoms. The van der Waals surface area contributed by atoms with E-state index in [9.17, 15) is 0 Å². The Kier molecular flexibility index (Phi) is 3.40. The van der Waals surface area contributed by atoms with E-state index in [4.69, 9.17) is 4.74 Å². The second-order valence-electron chi connectivity index (χ2n) is 5.88. The maximum atomic E-state index is 5.40. The van der Waals surface area contributed by atoms with Crippen LogP contribution < -0.4 is 5.32 Å². The first-order valence-electron chi connectivity index (χ1n) is 7.14. The fraction of sp³-hybridized carbons (Fsp3) is 0.625. The Labute approximate surface area is 110 Å². The summed E-state index contributed by atoms with van der Waals surface area (Å²) in [5, 5.41) is 3.51. The van der Waals surface area contributed by atoms with E-state index in [-0.39, 0.29) is 0 Å². The Morgan fingerprint density at radius 3 is 2.94 bits per heavy atom. The van der Waals surface area contributed by atoms with Crippen molar-refractivity contribution in [2.45, 2.75) is 37.0 Å². The van der Waals surface area contributed by atoms with Crippen LogP contribution in [0.2, 0.25) is 0 Å². The standard InChI is InChI=1S/C16H23NO/c1-18-12-16(7-8-16)15-6-2-4-13(10-15)14-5-3-9-17-11-14/h2,4,6,10,14,17H,3,5,7-9,11-12H2,1H3. The molecule has 0 amide bonds. The van der Waals surface area contributed by atoms with Gasteiger partial charge in [-0.2, -0.15) is 0 Å². The van der Waals surface area contributed by atoms with E-state index in [1.54, 1.807) is 0 Å². The fourth-order valence-corrected chi connectivity index (χ4v) is 3.20. The first kappa shape index (κ1) is 12.2. The number of methoxy groups -OCH3 is 1. The second kappa shape index (κ2) is 5.02. The third-order valence-corrected chi connectivity index (χ3v) is 4.54. The normalized spacial score (nSPS) is 25.9. The van der Waals surface area contributed by atoms with Crippen LogP contribution in [0.5, 0.6) is 0 Å². The number of rotatable bonds is 4. The highest BCUT2D eigenvalue weighted by Crippen LogP contribution is 2.48. The molecule has 0 bridgehead atoms. The fourth-order valence-electron chi connectivity index (χ4n) is 3.20. The number of ether oxygens (including phenoxy) is 1. The highest BCUT2D eigenvalue weighted by Gasteiger charge is 2.44. The van der Waals surface area contributed by atoms with Crippen molar-refractivity contribution in [1.82, 2.24) is 5.32 Å². The summed E-state index contributed by atoms with van der Waals surface area (Å²) < 4.78 is 5.40. The molecule has 1 aliphatic heterocycles. The number of nitrogens with one attached hydrogen (secondary N) is 1. The molecule has 1 aromatic carbocycles. The van der Waals surface area contributed by atoms with E-state index < -0.39 is 0 Å². The summed E-state index contributed by atoms with van der Waals surface area (Å²) in [6.07, 6.45) is 5.20. The molecular weight excluding hydrogens is 222 g/mol. The van der Waals surface area contributed by atoms with E-state index in [1.807, 2.05) is 7.11 Å². The van der Waals surface area contributed by atoms with Gasteiger partial charge in [-0.05, 0) is 49.3 Å². The molecule has 1 unspecified atom stereocenters. The SMILES string of the molecule is COCC1(c2cccc(C3CCCNC3)c2)CC1. The minimum Gasteiger partial charge on any atom is -0.384 e. The topological polar surface area (TPSA) is 21.3 Å². The van der Waals surface area contributed by atoms with Crippen LogP contribution in [0.1, 0.15) is 42.7 Å². The molecule has 2 aliphatic rings. The molecular formula is C16H23NO. The van der Waals surface area contributed by atoms with Crippen molar-refractivity contribution in [2.24, 2.45) is 0 Å². The Hall–Kier alpha value is -0.860. The molecule has 1 aliphatic carbocycles. The zero-order valence-electron chi connectivity index (χ0n) is 11.2. The lowest BCUT2D eigenvalue weighted by Crippen LogP contribution is -2.28. The second-order valence-corrected chi connectivity index (χ2v) is 5.88. The van der Waals surface area contributed by atoms with Gasteiger partial charge < -0.3 is 10.1 Å². The lowest BCUT2D eigenvalue weighted by Gasteiger charge is -2.24. The minimum atomic E-state index is 0.340. The highest BCUT2D eigenvalue weighted by atomic mass is 16.5. The van der Waals surface area contributed by atoms with Crippen molar-refractivity contribution >= 4 is 0 Å². The largest absolute Gasteiger partial charge is 0.384 e. The summed E-state index contributed by atoms with van der Waals surface area (Å²) in [7, 11) is 1.81. The van der Waals surface area contributed by atoms with Gasteiger partial charge in [0.2, 0.25) is 0 Å². The molecule has 2 heteroatoms.